The molecule has 0 aliphatic carbocycles. The molecule has 1 heterocycles. The Balaban J connectivity index is 2.35. The van der Waals surface area contributed by atoms with Crippen molar-refractivity contribution in [2.75, 3.05) is 0 Å². The van der Waals surface area contributed by atoms with Gasteiger partial charge in [0.05, 0.1) is 5.69 Å². The fourth-order valence-electron chi connectivity index (χ4n) is 1.62. The molecule has 0 atom stereocenters. The van der Waals surface area contributed by atoms with E-state index in [0.29, 0.717) is 11.2 Å². The van der Waals surface area contributed by atoms with Crippen molar-refractivity contribution in [2.24, 2.45) is 0 Å². The Labute approximate surface area is 104 Å². The number of nitrogens with zero attached hydrogens (tertiary/aromatic N) is 1. The van der Waals surface area contributed by atoms with Crippen LogP contribution < -0.4 is 0 Å². The van der Waals surface area contributed by atoms with Crippen LogP contribution in [0.15, 0.2) is 35.1 Å². The Morgan fingerprint density at radius 1 is 1.25 bits per heavy atom. The fraction of sp³-hybridized carbons (Fsp3) is 0.308. The van der Waals surface area contributed by atoms with Crippen molar-refractivity contribution in [2.45, 2.75) is 25.1 Å². The number of halogens is 1. The molecule has 0 aliphatic heterocycles. The van der Waals surface area contributed by atoms with E-state index in [1.807, 2.05) is 0 Å². The molecule has 2 nitrogen and oxygen atoms in total. The van der Waals surface area contributed by atoms with Crippen LogP contribution in [-0.4, -0.2) is 4.98 Å². The molecule has 3 heteroatoms. The highest BCUT2D eigenvalue weighted by Gasteiger charge is 2.09. The summed E-state index contributed by atoms with van der Waals surface area (Å²) in [4.78, 5) is 4.16. The van der Waals surface area contributed by atoms with E-state index in [1.165, 1.54) is 12.0 Å². The van der Waals surface area contributed by atoms with E-state index in [1.54, 1.807) is 0 Å². The average molecular weight is 280 g/mol. The average Bonchev–Trinajstić information content (AvgIpc) is 2.77. The quantitative estimate of drug-likeness (QED) is 0.781. The molecule has 0 N–H and O–H groups in total. The predicted octanol–water partition coefficient (Wildman–Crippen LogP) is 4.36. The largest absolute Gasteiger partial charge is 0.443 e. The normalized spacial score (nSPS) is 11.0. The summed E-state index contributed by atoms with van der Waals surface area (Å²) in [5.41, 5.74) is 3.36. The summed E-state index contributed by atoms with van der Waals surface area (Å²) in [6, 6.07) is 8.45. The van der Waals surface area contributed by atoms with Crippen LogP contribution in [-0.2, 0) is 5.33 Å². The van der Waals surface area contributed by atoms with Gasteiger partial charge in [0.15, 0.2) is 12.2 Å². The molecule has 0 radical (unpaired) electrons. The van der Waals surface area contributed by atoms with Crippen LogP contribution >= 0.6 is 15.9 Å². The topological polar surface area (TPSA) is 26.0 Å². The molecule has 0 aliphatic rings. The summed E-state index contributed by atoms with van der Waals surface area (Å²) in [5, 5.41) is 0.713. The van der Waals surface area contributed by atoms with Gasteiger partial charge in [-0.1, -0.05) is 54.0 Å². The number of hydrogen-bond acceptors (Lipinski definition) is 2. The Morgan fingerprint density at radius 3 is 2.50 bits per heavy atom. The van der Waals surface area contributed by atoms with Gasteiger partial charge in [-0.25, -0.2) is 4.98 Å². The van der Waals surface area contributed by atoms with Crippen LogP contribution in [0.25, 0.3) is 11.3 Å². The van der Waals surface area contributed by atoms with Gasteiger partial charge >= 0.3 is 0 Å². The lowest BCUT2D eigenvalue weighted by Crippen LogP contribution is -1.87. The molecule has 2 aromatic rings. The molecule has 0 fully saturated rings. The summed E-state index contributed by atoms with van der Waals surface area (Å²) in [6.07, 6.45) is 1.49. The van der Waals surface area contributed by atoms with E-state index in [-0.39, 0.29) is 0 Å². The van der Waals surface area contributed by atoms with Crippen LogP contribution in [0.3, 0.4) is 0 Å². The maximum atomic E-state index is 5.40. The summed E-state index contributed by atoms with van der Waals surface area (Å²) in [7, 11) is 0. The zero-order valence-electron chi connectivity index (χ0n) is 9.40. The minimum absolute atomic E-state index is 0.555. The maximum absolute atomic E-state index is 5.40. The zero-order chi connectivity index (χ0) is 11.5. The summed E-state index contributed by atoms with van der Waals surface area (Å²) in [6.45, 7) is 4.38. The first kappa shape index (κ1) is 11.4. The highest BCUT2D eigenvalue weighted by atomic mass is 79.9. The number of oxazole rings is 1. The van der Waals surface area contributed by atoms with Crippen molar-refractivity contribution < 1.29 is 4.42 Å². The molecular formula is C13H14BrNO. The third-order valence-electron chi connectivity index (χ3n) is 2.61. The number of hydrogen-bond donors (Lipinski definition) is 0. The molecule has 84 valence electrons. The molecule has 1 aromatic heterocycles. The summed E-state index contributed by atoms with van der Waals surface area (Å²) < 4.78 is 5.40. The van der Waals surface area contributed by atoms with E-state index in [0.717, 1.165) is 17.0 Å². The minimum Gasteiger partial charge on any atom is -0.443 e. The van der Waals surface area contributed by atoms with E-state index in [9.17, 15) is 0 Å². The lowest BCUT2D eigenvalue weighted by Gasteiger charge is -2.05. The van der Waals surface area contributed by atoms with Crippen LogP contribution in [0, 0.1) is 0 Å². The summed E-state index contributed by atoms with van der Waals surface area (Å²) >= 11 is 3.40. The Hall–Kier alpha value is -1.09. The van der Waals surface area contributed by atoms with Crippen LogP contribution in [0.1, 0.15) is 31.0 Å². The van der Waals surface area contributed by atoms with Crippen molar-refractivity contribution in [1.29, 1.82) is 0 Å². The van der Waals surface area contributed by atoms with E-state index < -0.39 is 0 Å². The smallest absolute Gasteiger partial charge is 0.181 e. The monoisotopic (exact) mass is 279 g/mol. The Bertz CT molecular complexity index is 459. The van der Waals surface area contributed by atoms with Gasteiger partial charge in [-0.2, -0.15) is 0 Å². The first-order valence-corrected chi connectivity index (χ1v) is 6.43. The van der Waals surface area contributed by atoms with Crippen molar-refractivity contribution in [3.8, 4) is 11.3 Å². The molecule has 1 aromatic carbocycles. The molecule has 16 heavy (non-hydrogen) atoms. The first-order chi connectivity index (χ1) is 7.72. The molecule has 0 unspecified atom stereocenters. The second kappa shape index (κ2) is 4.83. The van der Waals surface area contributed by atoms with Crippen molar-refractivity contribution in [3.05, 3.63) is 41.9 Å². The van der Waals surface area contributed by atoms with E-state index in [2.05, 4.69) is 59.0 Å². The number of benzene rings is 1. The number of rotatable bonds is 3. The molecule has 0 amide bonds. The van der Waals surface area contributed by atoms with Gasteiger partial charge in [0.2, 0.25) is 0 Å². The fourth-order valence-corrected chi connectivity index (χ4v) is 2.02. The van der Waals surface area contributed by atoms with Crippen molar-refractivity contribution in [3.63, 3.8) is 0 Å². The van der Waals surface area contributed by atoms with E-state index in [4.69, 9.17) is 4.42 Å². The first-order valence-electron chi connectivity index (χ1n) is 5.31. The lowest BCUT2D eigenvalue weighted by atomic mass is 10.0. The van der Waals surface area contributed by atoms with Gasteiger partial charge < -0.3 is 4.42 Å². The van der Waals surface area contributed by atoms with Gasteiger partial charge in [0, 0.05) is 10.9 Å². The van der Waals surface area contributed by atoms with Crippen LogP contribution in [0.5, 0.6) is 0 Å². The number of aromatic nitrogens is 1. The minimum atomic E-state index is 0.555. The molecule has 0 saturated heterocycles. The highest BCUT2D eigenvalue weighted by molar-refractivity contribution is 9.08. The standard InChI is InChI=1S/C13H14BrNO/c1-9(2)10-3-5-11(6-4-10)13-12(7-14)15-8-16-13/h3-6,8-9H,7H2,1-2H3. The van der Waals surface area contributed by atoms with Gasteiger partial charge in [-0.3, -0.25) is 0 Å². The van der Waals surface area contributed by atoms with Gasteiger partial charge in [0.1, 0.15) is 0 Å². The molecular weight excluding hydrogens is 266 g/mol. The Morgan fingerprint density at radius 2 is 1.94 bits per heavy atom. The van der Waals surface area contributed by atoms with Gasteiger partial charge in [0.25, 0.3) is 0 Å². The molecule has 0 spiro atoms. The molecule has 2 rings (SSSR count). The third kappa shape index (κ3) is 2.19. The van der Waals surface area contributed by atoms with Gasteiger partial charge in [-0.15, -0.1) is 0 Å². The highest BCUT2D eigenvalue weighted by Crippen LogP contribution is 2.26. The second-order valence-corrected chi connectivity index (χ2v) is 4.60. The zero-order valence-corrected chi connectivity index (χ0v) is 11.0. The van der Waals surface area contributed by atoms with Crippen molar-refractivity contribution >= 4 is 15.9 Å². The van der Waals surface area contributed by atoms with Crippen LogP contribution in [0.2, 0.25) is 0 Å². The maximum Gasteiger partial charge on any atom is 0.181 e. The lowest BCUT2D eigenvalue weighted by molar-refractivity contribution is 0.571. The molecule has 0 saturated carbocycles. The molecule has 0 bridgehead atoms. The third-order valence-corrected chi connectivity index (χ3v) is 3.14. The number of alkyl halides is 1. The SMILES string of the molecule is CC(C)c1ccc(-c2ocnc2CBr)cc1. The van der Waals surface area contributed by atoms with Crippen LogP contribution in [0.4, 0.5) is 0 Å². The second-order valence-electron chi connectivity index (χ2n) is 4.04. The van der Waals surface area contributed by atoms with E-state index >= 15 is 0 Å². The van der Waals surface area contributed by atoms with Crippen molar-refractivity contribution in [1.82, 2.24) is 4.98 Å². The van der Waals surface area contributed by atoms with Gasteiger partial charge in [-0.05, 0) is 11.5 Å². The Kier molecular flexibility index (Phi) is 3.44. The summed E-state index contributed by atoms with van der Waals surface area (Å²) in [5.74, 6) is 1.41. The predicted molar refractivity (Wildman–Crippen MR) is 68.7 cm³/mol.